The summed E-state index contributed by atoms with van der Waals surface area (Å²) in [5.74, 6) is 1.49. The Kier molecular flexibility index (Phi) is 3.64. The Morgan fingerprint density at radius 1 is 1.38 bits per heavy atom. The summed E-state index contributed by atoms with van der Waals surface area (Å²) in [5.41, 5.74) is 7.49. The van der Waals surface area contributed by atoms with Crippen molar-refractivity contribution in [3.63, 3.8) is 0 Å². The van der Waals surface area contributed by atoms with Crippen LogP contribution in [-0.4, -0.2) is 9.96 Å². The van der Waals surface area contributed by atoms with Crippen molar-refractivity contribution in [1.82, 2.24) is 0 Å². The first kappa shape index (κ1) is 11.6. The molecule has 2 N–H and O–H groups in total. The van der Waals surface area contributed by atoms with Gasteiger partial charge in [-0.2, -0.15) is 0 Å². The zero-order valence-electron chi connectivity index (χ0n) is 9.74. The molecule has 0 radical (unpaired) electrons. The minimum Gasteiger partial charge on any atom is -0.399 e. The van der Waals surface area contributed by atoms with Crippen molar-refractivity contribution < 1.29 is 4.21 Å². The molecule has 0 saturated heterocycles. The molecule has 1 saturated carbocycles. The summed E-state index contributed by atoms with van der Waals surface area (Å²) in [7, 11) is -0.849. The molecule has 1 aliphatic rings. The molecule has 0 spiro atoms. The largest absolute Gasteiger partial charge is 0.399 e. The SMILES string of the molecule is Cc1cc(N)ccc1S(=O)CC1CCCC1. The first-order valence-corrected chi connectivity index (χ1v) is 7.23. The molecule has 0 amide bonds. The van der Waals surface area contributed by atoms with E-state index in [1.165, 1.54) is 25.7 Å². The van der Waals surface area contributed by atoms with Crippen LogP contribution in [0.2, 0.25) is 0 Å². The van der Waals surface area contributed by atoms with Gasteiger partial charge < -0.3 is 5.73 Å². The summed E-state index contributed by atoms with van der Waals surface area (Å²) in [4.78, 5) is 0.959. The summed E-state index contributed by atoms with van der Waals surface area (Å²) in [6.45, 7) is 1.98. The standard InChI is InChI=1S/C13H19NOS/c1-10-8-12(14)6-7-13(10)16(15)9-11-4-2-3-5-11/h6-8,11H,2-5,9,14H2,1H3. The van der Waals surface area contributed by atoms with E-state index in [4.69, 9.17) is 5.73 Å². The Labute approximate surface area is 99.7 Å². The fourth-order valence-corrected chi connectivity index (χ4v) is 3.99. The van der Waals surface area contributed by atoms with E-state index >= 15 is 0 Å². The summed E-state index contributed by atoms with van der Waals surface area (Å²) in [6.07, 6.45) is 5.12. The highest BCUT2D eigenvalue weighted by Crippen LogP contribution is 2.27. The molecule has 1 aliphatic carbocycles. The minimum absolute atomic E-state index is 0.665. The van der Waals surface area contributed by atoms with E-state index in [1.54, 1.807) is 0 Å². The highest BCUT2D eigenvalue weighted by Gasteiger charge is 2.19. The predicted octanol–water partition coefficient (Wildman–Crippen LogP) is 2.88. The van der Waals surface area contributed by atoms with Gasteiger partial charge in [0.2, 0.25) is 0 Å². The molecule has 0 aliphatic heterocycles. The third-order valence-electron chi connectivity index (χ3n) is 3.31. The molecule has 1 aromatic carbocycles. The number of hydrogen-bond donors (Lipinski definition) is 1. The Bertz CT molecular complexity index is 397. The van der Waals surface area contributed by atoms with E-state index in [0.29, 0.717) is 5.92 Å². The summed E-state index contributed by atoms with van der Waals surface area (Å²) in [5, 5.41) is 0. The predicted molar refractivity (Wildman–Crippen MR) is 68.8 cm³/mol. The van der Waals surface area contributed by atoms with Crippen LogP contribution in [0.1, 0.15) is 31.2 Å². The molecular weight excluding hydrogens is 218 g/mol. The Balaban J connectivity index is 2.08. The molecule has 0 aromatic heterocycles. The molecule has 88 valence electrons. The summed E-state index contributed by atoms with van der Waals surface area (Å²) >= 11 is 0. The van der Waals surface area contributed by atoms with Crippen molar-refractivity contribution in [1.29, 1.82) is 0 Å². The van der Waals surface area contributed by atoms with Crippen molar-refractivity contribution in [2.75, 3.05) is 11.5 Å². The van der Waals surface area contributed by atoms with E-state index in [-0.39, 0.29) is 0 Å². The van der Waals surface area contributed by atoms with Gasteiger partial charge >= 0.3 is 0 Å². The van der Waals surface area contributed by atoms with Crippen molar-refractivity contribution in [3.05, 3.63) is 23.8 Å². The number of aryl methyl sites for hydroxylation is 1. The lowest BCUT2D eigenvalue weighted by molar-refractivity contribution is 0.604. The molecule has 3 heteroatoms. The molecule has 1 atom stereocenters. The van der Waals surface area contributed by atoms with Gasteiger partial charge in [0, 0.05) is 16.3 Å². The van der Waals surface area contributed by atoms with Crippen LogP contribution < -0.4 is 5.73 Å². The smallest absolute Gasteiger partial charge is 0.0535 e. The number of rotatable bonds is 3. The van der Waals surface area contributed by atoms with Gasteiger partial charge in [-0.05, 0) is 49.4 Å². The van der Waals surface area contributed by atoms with E-state index in [2.05, 4.69) is 0 Å². The lowest BCUT2D eigenvalue weighted by Gasteiger charge is -2.10. The van der Waals surface area contributed by atoms with Gasteiger partial charge in [0.25, 0.3) is 0 Å². The molecule has 0 heterocycles. The maximum Gasteiger partial charge on any atom is 0.0535 e. The summed E-state index contributed by atoms with van der Waals surface area (Å²) in [6, 6.07) is 5.66. The van der Waals surface area contributed by atoms with Crippen LogP contribution in [-0.2, 0) is 10.8 Å². The first-order valence-electron chi connectivity index (χ1n) is 5.91. The zero-order valence-corrected chi connectivity index (χ0v) is 10.6. The molecular formula is C13H19NOS. The van der Waals surface area contributed by atoms with Crippen LogP contribution in [0.4, 0.5) is 5.69 Å². The Morgan fingerprint density at radius 3 is 2.69 bits per heavy atom. The molecule has 2 nitrogen and oxygen atoms in total. The highest BCUT2D eigenvalue weighted by atomic mass is 32.2. The topological polar surface area (TPSA) is 43.1 Å². The third kappa shape index (κ3) is 2.64. The maximum atomic E-state index is 12.2. The van der Waals surface area contributed by atoms with E-state index in [9.17, 15) is 4.21 Å². The van der Waals surface area contributed by atoms with Crippen molar-refractivity contribution in [2.45, 2.75) is 37.5 Å². The van der Waals surface area contributed by atoms with Gasteiger partial charge in [0.05, 0.1) is 10.8 Å². The number of anilines is 1. The second-order valence-electron chi connectivity index (χ2n) is 4.69. The number of nitrogens with two attached hydrogens (primary N) is 1. The number of benzene rings is 1. The van der Waals surface area contributed by atoms with Gasteiger partial charge in [0.1, 0.15) is 0 Å². The van der Waals surface area contributed by atoms with E-state index in [0.717, 1.165) is 21.9 Å². The second-order valence-corrected chi connectivity index (χ2v) is 6.15. The Morgan fingerprint density at radius 2 is 2.06 bits per heavy atom. The lowest BCUT2D eigenvalue weighted by Crippen LogP contribution is -2.09. The van der Waals surface area contributed by atoms with Crippen LogP contribution in [0.25, 0.3) is 0 Å². The van der Waals surface area contributed by atoms with Crippen LogP contribution in [0, 0.1) is 12.8 Å². The monoisotopic (exact) mass is 237 g/mol. The zero-order chi connectivity index (χ0) is 11.5. The van der Waals surface area contributed by atoms with Gasteiger partial charge in [-0.3, -0.25) is 4.21 Å². The van der Waals surface area contributed by atoms with Gasteiger partial charge in [-0.25, -0.2) is 0 Å². The fourth-order valence-electron chi connectivity index (χ4n) is 2.41. The first-order chi connectivity index (χ1) is 7.66. The Hall–Kier alpha value is -0.830. The van der Waals surface area contributed by atoms with Crippen LogP contribution in [0.5, 0.6) is 0 Å². The van der Waals surface area contributed by atoms with Crippen LogP contribution in [0.3, 0.4) is 0 Å². The fraction of sp³-hybridized carbons (Fsp3) is 0.538. The molecule has 0 bridgehead atoms. The van der Waals surface area contributed by atoms with Crippen LogP contribution in [0.15, 0.2) is 23.1 Å². The second kappa shape index (κ2) is 5.00. The normalized spacial score (nSPS) is 18.8. The van der Waals surface area contributed by atoms with Gasteiger partial charge in [-0.15, -0.1) is 0 Å². The quantitative estimate of drug-likeness (QED) is 0.821. The van der Waals surface area contributed by atoms with Crippen molar-refractivity contribution in [3.8, 4) is 0 Å². The molecule has 2 rings (SSSR count). The third-order valence-corrected chi connectivity index (χ3v) is 5.03. The van der Waals surface area contributed by atoms with E-state index in [1.807, 2.05) is 25.1 Å². The highest BCUT2D eigenvalue weighted by molar-refractivity contribution is 7.85. The minimum atomic E-state index is -0.849. The van der Waals surface area contributed by atoms with Gasteiger partial charge in [-0.1, -0.05) is 12.8 Å². The number of nitrogen functional groups attached to an aromatic ring is 1. The average Bonchev–Trinajstić information content (AvgIpc) is 2.70. The maximum absolute atomic E-state index is 12.2. The van der Waals surface area contributed by atoms with Crippen molar-refractivity contribution >= 4 is 16.5 Å². The van der Waals surface area contributed by atoms with Crippen molar-refractivity contribution in [2.24, 2.45) is 5.92 Å². The molecule has 1 unspecified atom stereocenters. The molecule has 1 fully saturated rings. The average molecular weight is 237 g/mol. The lowest BCUT2D eigenvalue weighted by atomic mass is 10.1. The summed E-state index contributed by atoms with van der Waals surface area (Å²) < 4.78 is 12.2. The number of hydrogen-bond acceptors (Lipinski definition) is 2. The van der Waals surface area contributed by atoms with E-state index < -0.39 is 10.8 Å². The molecule has 16 heavy (non-hydrogen) atoms. The van der Waals surface area contributed by atoms with Gasteiger partial charge in [0.15, 0.2) is 0 Å². The van der Waals surface area contributed by atoms with Crippen LogP contribution >= 0.6 is 0 Å². The molecule has 1 aromatic rings.